The summed E-state index contributed by atoms with van der Waals surface area (Å²) in [6.07, 6.45) is 1.51. The molecule has 0 bridgehead atoms. The van der Waals surface area contributed by atoms with Crippen LogP contribution in [0.5, 0.6) is 0 Å². The SMILES string of the molecule is O=C(NCCO)NCC1CCCS(=O)(=O)C1. The predicted octanol–water partition coefficient (Wildman–Crippen LogP) is -0.897. The Labute approximate surface area is 95.3 Å². The highest BCUT2D eigenvalue weighted by atomic mass is 32.2. The summed E-state index contributed by atoms with van der Waals surface area (Å²) in [5, 5.41) is 13.5. The third kappa shape index (κ3) is 4.80. The molecule has 1 aliphatic heterocycles. The molecule has 6 nitrogen and oxygen atoms in total. The zero-order valence-corrected chi connectivity index (χ0v) is 9.92. The number of aliphatic hydroxyl groups excluding tert-OH is 1. The van der Waals surface area contributed by atoms with Crippen molar-refractivity contribution in [3.8, 4) is 0 Å². The van der Waals surface area contributed by atoms with Gasteiger partial charge in [0.05, 0.1) is 18.1 Å². The average Bonchev–Trinajstić information content (AvgIpc) is 2.22. The molecule has 1 atom stereocenters. The largest absolute Gasteiger partial charge is 0.395 e. The summed E-state index contributed by atoms with van der Waals surface area (Å²) in [5.74, 6) is 0.437. The molecule has 1 aliphatic rings. The fraction of sp³-hybridized carbons (Fsp3) is 0.889. The van der Waals surface area contributed by atoms with Crippen LogP contribution in [0.4, 0.5) is 4.79 Å². The zero-order valence-electron chi connectivity index (χ0n) is 9.11. The Morgan fingerprint density at radius 2 is 2.12 bits per heavy atom. The monoisotopic (exact) mass is 250 g/mol. The number of urea groups is 1. The summed E-state index contributed by atoms with van der Waals surface area (Å²) in [7, 11) is -2.91. The number of carbonyl (C=O) groups excluding carboxylic acids is 1. The molecule has 0 aromatic heterocycles. The van der Waals surface area contributed by atoms with Gasteiger partial charge < -0.3 is 15.7 Å². The number of hydrogen-bond acceptors (Lipinski definition) is 4. The van der Waals surface area contributed by atoms with Crippen molar-refractivity contribution >= 4 is 15.9 Å². The van der Waals surface area contributed by atoms with Crippen LogP contribution in [-0.2, 0) is 9.84 Å². The van der Waals surface area contributed by atoms with Gasteiger partial charge in [0.25, 0.3) is 0 Å². The van der Waals surface area contributed by atoms with Crippen LogP contribution < -0.4 is 10.6 Å². The minimum absolute atomic E-state index is 0.0126. The molecule has 7 heteroatoms. The van der Waals surface area contributed by atoms with Crippen molar-refractivity contribution in [2.45, 2.75) is 12.8 Å². The van der Waals surface area contributed by atoms with Gasteiger partial charge in [-0.3, -0.25) is 0 Å². The van der Waals surface area contributed by atoms with Crippen LogP contribution in [0.1, 0.15) is 12.8 Å². The van der Waals surface area contributed by atoms with E-state index in [2.05, 4.69) is 10.6 Å². The van der Waals surface area contributed by atoms with E-state index >= 15 is 0 Å². The first kappa shape index (κ1) is 13.2. The Kier molecular flexibility index (Phi) is 5.01. The molecule has 1 fully saturated rings. The van der Waals surface area contributed by atoms with Crippen LogP contribution in [0, 0.1) is 5.92 Å². The van der Waals surface area contributed by atoms with Gasteiger partial charge in [0.15, 0.2) is 9.84 Å². The van der Waals surface area contributed by atoms with E-state index in [1.165, 1.54) is 0 Å². The lowest BCUT2D eigenvalue weighted by Gasteiger charge is -2.22. The minimum Gasteiger partial charge on any atom is -0.395 e. The van der Waals surface area contributed by atoms with Gasteiger partial charge in [-0.2, -0.15) is 0 Å². The molecule has 1 heterocycles. The van der Waals surface area contributed by atoms with Crippen LogP contribution in [0.3, 0.4) is 0 Å². The van der Waals surface area contributed by atoms with Crippen LogP contribution in [0.15, 0.2) is 0 Å². The van der Waals surface area contributed by atoms with E-state index in [0.29, 0.717) is 13.0 Å². The second-order valence-electron chi connectivity index (χ2n) is 3.98. The zero-order chi connectivity index (χ0) is 12.0. The third-order valence-corrected chi connectivity index (χ3v) is 4.40. The van der Waals surface area contributed by atoms with Gasteiger partial charge in [-0.25, -0.2) is 13.2 Å². The Bertz CT molecular complexity index is 328. The van der Waals surface area contributed by atoms with Gasteiger partial charge in [0, 0.05) is 13.1 Å². The lowest BCUT2D eigenvalue weighted by Crippen LogP contribution is -2.41. The molecule has 0 aromatic rings. The van der Waals surface area contributed by atoms with Crippen molar-refractivity contribution in [2.24, 2.45) is 5.92 Å². The summed E-state index contributed by atoms with van der Waals surface area (Å²) < 4.78 is 22.6. The summed E-state index contributed by atoms with van der Waals surface area (Å²) in [6.45, 7) is 0.469. The van der Waals surface area contributed by atoms with E-state index in [9.17, 15) is 13.2 Å². The van der Waals surface area contributed by atoms with Gasteiger partial charge in [-0.05, 0) is 18.8 Å². The highest BCUT2D eigenvalue weighted by Crippen LogP contribution is 2.17. The number of hydrogen-bond donors (Lipinski definition) is 3. The first-order valence-corrected chi connectivity index (χ1v) is 7.18. The second-order valence-corrected chi connectivity index (χ2v) is 6.21. The fourth-order valence-electron chi connectivity index (χ4n) is 1.75. The molecule has 0 aromatic carbocycles. The smallest absolute Gasteiger partial charge is 0.314 e. The molecular formula is C9H18N2O4S. The van der Waals surface area contributed by atoms with Crippen molar-refractivity contribution < 1.29 is 18.3 Å². The minimum atomic E-state index is -2.91. The Balaban J connectivity index is 2.25. The number of sulfone groups is 1. The van der Waals surface area contributed by atoms with E-state index in [1.807, 2.05) is 0 Å². The second kappa shape index (κ2) is 6.05. The quantitative estimate of drug-likeness (QED) is 0.602. The molecule has 1 saturated heterocycles. The van der Waals surface area contributed by atoms with Crippen molar-refractivity contribution in [1.82, 2.24) is 10.6 Å². The third-order valence-electron chi connectivity index (χ3n) is 2.51. The molecule has 0 radical (unpaired) electrons. The molecule has 0 saturated carbocycles. The Hall–Kier alpha value is -0.820. The standard InChI is InChI=1S/C9H18N2O4S/c12-4-3-10-9(13)11-6-8-2-1-5-16(14,15)7-8/h8,12H,1-7H2,(H2,10,11,13). The molecule has 94 valence electrons. The van der Waals surface area contributed by atoms with E-state index in [-0.39, 0.29) is 36.6 Å². The molecule has 1 unspecified atom stereocenters. The normalized spacial score (nSPS) is 23.7. The number of amides is 2. The van der Waals surface area contributed by atoms with E-state index in [4.69, 9.17) is 5.11 Å². The Morgan fingerprint density at radius 1 is 1.38 bits per heavy atom. The van der Waals surface area contributed by atoms with E-state index in [0.717, 1.165) is 6.42 Å². The van der Waals surface area contributed by atoms with Crippen molar-refractivity contribution in [2.75, 3.05) is 31.2 Å². The molecule has 0 aliphatic carbocycles. The average molecular weight is 250 g/mol. The molecule has 3 N–H and O–H groups in total. The van der Waals surface area contributed by atoms with Gasteiger partial charge in [0.1, 0.15) is 0 Å². The first-order chi connectivity index (χ1) is 7.53. The highest BCUT2D eigenvalue weighted by molar-refractivity contribution is 7.91. The summed E-state index contributed by atoms with van der Waals surface area (Å²) in [5.41, 5.74) is 0. The highest BCUT2D eigenvalue weighted by Gasteiger charge is 2.24. The predicted molar refractivity (Wildman–Crippen MR) is 59.9 cm³/mol. The summed E-state index contributed by atoms with van der Waals surface area (Å²) in [6, 6.07) is -0.364. The van der Waals surface area contributed by atoms with Crippen LogP contribution in [0.25, 0.3) is 0 Å². The molecule has 1 rings (SSSR count). The van der Waals surface area contributed by atoms with Crippen LogP contribution in [-0.4, -0.2) is 50.8 Å². The van der Waals surface area contributed by atoms with E-state index in [1.54, 1.807) is 0 Å². The molecule has 0 spiro atoms. The fourth-order valence-corrected chi connectivity index (χ4v) is 3.52. The van der Waals surface area contributed by atoms with Crippen molar-refractivity contribution in [1.29, 1.82) is 0 Å². The maximum absolute atomic E-state index is 11.3. The molecule has 16 heavy (non-hydrogen) atoms. The van der Waals surface area contributed by atoms with Gasteiger partial charge in [-0.1, -0.05) is 0 Å². The van der Waals surface area contributed by atoms with Crippen LogP contribution in [0.2, 0.25) is 0 Å². The topological polar surface area (TPSA) is 95.5 Å². The molecule has 2 amide bonds. The maximum Gasteiger partial charge on any atom is 0.314 e. The van der Waals surface area contributed by atoms with Gasteiger partial charge in [0.2, 0.25) is 0 Å². The van der Waals surface area contributed by atoms with Crippen molar-refractivity contribution in [3.63, 3.8) is 0 Å². The molecular weight excluding hydrogens is 232 g/mol. The maximum atomic E-state index is 11.3. The summed E-state index contributed by atoms with van der Waals surface area (Å²) in [4.78, 5) is 11.1. The number of nitrogens with one attached hydrogen (secondary N) is 2. The Morgan fingerprint density at radius 3 is 2.75 bits per heavy atom. The number of aliphatic hydroxyl groups is 1. The lowest BCUT2D eigenvalue weighted by atomic mass is 10.1. The van der Waals surface area contributed by atoms with Gasteiger partial charge >= 0.3 is 6.03 Å². The first-order valence-electron chi connectivity index (χ1n) is 5.36. The lowest BCUT2D eigenvalue weighted by molar-refractivity contribution is 0.232. The number of rotatable bonds is 4. The van der Waals surface area contributed by atoms with E-state index < -0.39 is 9.84 Å². The number of carbonyl (C=O) groups is 1. The summed E-state index contributed by atoms with van der Waals surface area (Å²) >= 11 is 0. The van der Waals surface area contributed by atoms with Crippen molar-refractivity contribution in [3.05, 3.63) is 0 Å². The van der Waals surface area contributed by atoms with Crippen LogP contribution >= 0.6 is 0 Å². The van der Waals surface area contributed by atoms with Gasteiger partial charge in [-0.15, -0.1) is 0 Å².